The van der Waals surface area contributed by atoms with E-state index in [0.717, 1.165) is 6.07 Å². The van der Waals surface area contributed by atoms with Crippen LogP contribution in [0.5, 0.6) is 0 Å². The predicted octanol–water partition coefficient (Wildman–Crippen LogP) is 5.03. The molecule has 2 aromatic carbocycles. The molecule has 0 unspecified atom stereocenters. The number of hydrogen-bond acceptors (Lipinski definition) is 5. The number of halogens is 4. The minimum atomic E-state index is -2.91. The number of aromatic nitrogens is 1. The molecule has 1 N–H and O–H groups in total. The lowest BCUT2D eigenvalue weighted by atomic mass is 9.83. The molecular weight excluding hydrogens is 583 g/mol. The molecule has 1 saturated carbocycles. The van der Waals surface area contributed by atoms with Crippen molar-refractivity contribution < 1.29 is 27.6 Å². The first-order chi connectivity index (χ1) is 20.5. The minimum absolute atomic E-state index is 0.0143. The second-order valence-electron chi connectivity index (χ2n) is 11.1. The fraction of sp³-hybridized carbons (Fsp3) is 0.323. The van der Waals surface area contributed by atoms with E-state index in [1.807, 2.05) is 6.07 Å². The van der Waals surface area contributed by atoms with E-state index >= 15 is 0 Å². The summed E-state index contributed by atoms with van der Waals surface area (Å²) in [7, 11) is 0. The Bertz CT molecular complexity index is 1690. The molecular formula is C31H25ClF3N5O3. The molecule has 3 aliphatic rings. The number of amides is 3. The van der Waals surface area contributed by atoms with Gasteiger partial charge in [0.05, 0.1) is 11.6 Å². The van der Waals surface area contributed by atoms with E-state index < -0.39 is 59.9 Å². The molecule has 0 radical (unpaired) electrons. The van der Waals surface area contributed by atoms with Gasteiger partial charge < -0.3 is 5.32 Å². The molecule has 1 saturated heterocycles. The van der Waals surface area contributed by atoms with Crippen LogP contribution in [-0.4, -0.2) is 40.7 Å². The molecule has 2 fully saturated rings. The van der Waals surface area contributed by atoms with Gasteiger partial charge in [-0.2, -0.15) is 5.26 Å². The zero-order valence-corrected chi connectivity index (χ0v) is 23.5. The number of carbonyl (C=O) groups is 3. The van der Waals surface area contributed by atoms with E-state index in [2.05, 4.69) is 10.3 Å². The molecule has 3 aromatic rings. The third kappa shape index (κ3) is 4.89. The van der Waals surface area contributed by atoms with E-state index in [0.29, 0.717) is 17.5 Å². The third-order valence-electron chi connectivity index (χ3n) is 8.36. The van der Waals surface area contributed by atoms with Crippen LogP contribution in [0, 0.1) is 17.1 Å². The monoisotopic (exact) mass is 607 g/mol. The molecule has 2 atom stereocenters. The Morgan fingerprint density at radius 2 is 1.88 bits per heavy atom. The van der Waals surface area contributed by atoms with Crippen LogP contribution in [0.4, 0.5) is 24.7 Å². The van der Waals surface area contributed by atoms with Crippen molar-refractivity contribution in [1.29, 1.82) is 5.26 Å². The molecule has 2 heterocycles. The number of aryl methyl sites for hydroxylation is 1. The number of carbonyl (C=O) groups excluding carboxylic acids is 3. The highest BCUT2D eigenvalue weighted by molar-refractivity contribution is 6.32. The summed E-state index contributed by atoms with van der Waals surface area (Å²) in [4.78, 5) is 48.9. The summed E-state index contributed by atoms with van der Waals surface area (Å²) in [5, 5.41) is 12.3. The van der Waals surface area contributed by atoms with Gasteiger partial charge in [-0.1, -0.05) is 29.8 Å². The van der Waals surface area contributed by atoms with Crippen molar-refractivity contribution in [2.75, 3.05) is 9.80 Å². The molecule has 1 aromatic heterocycles. The Balaban J connectivity index is 1.51. The van der Waals surface area contributed by atoms with Crippen LogP contribution < -0.4 is 15.1 Å². The summed E-state index contributed by atoms with van der Waals surface area (Å²) in [6.45, 7) is 0. The highest BCUT2D eigenvalue weighted by Gasteiger charge is 2.57. The number of nitrogens with zero attached hydrogens (tertiary/aromatic N) is 4. The predicted molar refractivity (Wildman–Crippen MR) is 151 cm³/mol. The molecule has 1 aliphatic heterocycles. The van der Waals surface area contributed by atoms with E-state index in [-0.39, 0.29) is 41.4 Å². The lowest BCUT2D eigenvalue weighted by Gasteiger charge is -2.45. The average molecular weight is 608 g/mol. The van der Waals surface area contributed by atoms with Crippen LogP contribution in [0.15, 0.2) is 60.8 Å². The van der Waals surface area contributed by atoms with Gasteiger partial charge in [-0.05, 0) is 61.2 Å². The van der Waals surface area contributed by atoms with Crippen LogP contribution in [0.25, 0.3) is 0 Å². The fourth-order valence-electron chi connectivity index (χ4n) is 6.43. The standard InChI is InChI=1S/C31H25ClF3N5O3/c32-23-6-1-3-19-9-11-31(27(19)23,29(43)38-21-15-30(34,35)16-21)40(22-5-2-4-20(33)14-22)28(42)24-7-8-26(41)39(24)25-13-18(17-36)10-12-37-25/h1-6,10,12-14,21,24H,7-9,11,15-16H2,(H,38,43)/t24-,31-/m0/s1. The van der Waals surface area contributed by atoms with Crippen LogP contribution >= 0.6 is 11.6 Å². The number of rotatable bonds is 6. The number of anilines is 2. The maximum Gasteiger partial charge on any atom is 0.252 e. The van der Waals surface area contributed by atoms with Crippen molar-refractivity contribution in [2.24, 2.45) is 0 Å². The van der Waals surface area contributed by atoms with Gasteiger partial charge in [-0.25, -0.2) is 18.2 Å². The van der Waals surface area contributed by atoms with Crippen molar-refractivity contribution >= 4 is 40.8 Å². The van der Waals surface area contributed by atoms with Gasteiger partial charge in [-0.15, -0.1) is 0 Å². The smallest absolute Gasteiger partial charge is 0.252 e. The number of hydrogen-bond donors (Lipinski definition) is 1. The Morgan fingerprint density at radius 1 is 1.12 bits per heavy atom. The summed E-state index contributed by atoms with van der Waals surface area (Å²) >= 11 is 6.72. The van der Waals surface area contributed by atoms with Crippen molar-refractivity contribution in [1.82, 2.24) is 10.3 Å². The Labute approximate surface area is 250 Å². The Morgan fingerprint density at radius 3 is 2.60 bits per heavy atom. The zero-order chi connectivity index (χ0) is 30.5. The maximum atomic E-state index is 14.8. The molecule has 0 spiro atoms. The van der Waals surface area contributed by atoms with Crippen molar-refractivity contribution in [3.63, 3.8) is 0 Å². The number of pyridine rings is 1. The lowest BCUT2D eigenvalue weighted by molar-refractivity contribution is -0.137. The minimum Gasteiger partial charge on any atom is -0.351 e. The normalized spacial score (nSPS) is 22.4. The summed E-state index contributed by atoms with van der Waals surface area (Å²) in [6.07, 6.45) is 0.646. The van der Waals surface area contributed by atoms with E-state index in [1.54, 1.807) is 18.2 Å². The maximum absolute atomic E-state index is 14.8. The number of alkyl halides is 2. The second-order valence-corrected chi connectivity index (χ2v) is 11.5. The van der Waals surface area contributed by atoms with Crippen molar-refractivity contribution in [2.45, 2.75) is 62.1 Å². The largest absolute Gasteiger partial charge is 0.351 e. The van der Waals surface area contributed by atoms with Crippen molar-refractivity contribution in [3.05, 3.63) is 88.3 Å². The van der Waals surface area contributed by atoms with E-state index in [9.17, 15) is 32.8 Å². The topological polar surface area (TPSA) is 106 Å². The molecule has 3 amide bonds. The summed E-state index contributed by atoms with van der Waals surface area (Å²) < 4.78 is 42.3. The van der Waals surface area contributed by atoms with Crippen molar-refractivity contribution in [3.8, 4) is 6.07 Å². The second kappa shape index (κ2) is 10.7. The first kappa shape index (κ1) is 28.7. The number of nitriles is 1. The summed E-state index contributed by atoms with van der Waals surface area (Å²) in [6, 6.07) is 13.0. The van der Waals surface area contributed by atoms with Crippen LogP contribution in [-0.2, 0) is 26.3 Å². The highest BCUT2D eigenvalue weighted by atomic mass is 35.5. The molecule has 12 heteroatoms. The molecule has 2 aliphatic carbocycles. The molecule has 6 rings (SSSR count). The lowest BCUT2D eigenvalue weighted by Crippen LogP contribution is -2.64. The number of nitrogens with one attached hydrogen (secondary N) is 1. The van der Waals surface area contributed by atoms with Gasteiger partial charge in [-0.3, -0.25) is 24.2 Å². The van der Waals surface area contributed by atoms with Gasteiger partial charge in [0.15, 0.2) is 5.54 Å². The first-order valence-electron chi connectivity index (χ1n) is 13.8. The molecule has 220 valence electrons. The van der Waals surface area contributed by atoms with Gasteiger partial charge in [0.1, 0.15) is 17.7 Å². The summed E-state index contributed by atoms with van der Waals surface area (Å²) in [5.41, 5.74) is -0.591. The number of fused-ring (bicyclic) bond motifs is 1. The summed E-state index contributed by atoms with van der Waals surface area (Å²) in [5.74, 6) is -5.35. The fourth-order valence-corrected chi connectivity index (χ4v) is 6.78. The van der Waals surface area contributed by atoms with Gasteiger partial charge in [0, 0.05) is 47.8 Å². The molecule has 43 heavy (non-hydrogen) atoms. The third-order valence-corrected chi connectivity index (χ3v) is 8.67. The number of benzene rings is 2. The van der Waals surface area contributed by atoms with E-state index in [4.69, 9.17) is 11.6 Å². The van der Waals surface area contributed by atoms with Crippen LogP contribution in [0.3, 0.4) is 0 Å². The first-order valence-corrected chi connectivity index (χ1v) is 14.2. The Hall–Kier alpha value is -4.43. The van der Waals surface area contributed by atoms with Crippen LogP contribution in [0.2, 0.25) is 5.02 Å². The molecule has 0 bridgehead atoms. The van der Waals surface area contributed by atoms with Gasteiger partial charge in [0.25, 0.3) is 17.7 Å². The Kier molecular flexibility index (Phi) is 7.13. The van der Waals surface area contributed by atoms with E-state index in [1.165, 1.54) is 46.3 Å². The van der Waals surface area contributed by atoms with Gasteiger partial charge in [0.2, 0.25) is 5.91 Å². The average Bonchev–Trinajstić information content (AvgIpc) is 3.54. The SMILES string of the molecule is N#Cc1ccnc(N2C(=O)CC[C@H]2C(=O)N(c2cccc(F)c2)[C@@]2(C(=O)NC3CC(F)(F)C3)CCc3cccc(Cl)c32)c1. The highest BCUT2D eigenvalue weighted by Crippen LogP contribution is 2.49. The quantitative estimate of drug-likeness (QED) is 0.423. The van der Waals surface area contributed by atoms with Crippen LogP contribution in [0.1, 0.15) is 48.8 Å². The molecule has 8 nitrogen and oxygen atoms in total. The zero-order valence-electron chi connectivity index (χ0n) is 22.7. The van der Waals surface area contributed by atoms with Gasteiger partial charge >= 0.3 is 0 Å².